The Kier molecular flexibility index (Phi) is 3.76. The Morgan fingerprint density at radius 3 is 2.87 bits per heavy atom. The highest BCUT2D eigenvalue weighted by Crippen LogP contribution is 2.73. The van der Waals surface area contributed by atoms with E-state index in [-0.39, 0.29) is 11.6 Å². The van der Waals surface area contributed by atoms with Crippen LogP contribution >= 0.6 is 0 Å². The molecule has 3 aromatic rings. The van der Waals surface area contributed by atoms with E-state index in [9.17, 15) is 8.78 Å². The van der Waals surface area contributed by atoms with Crippen LogP contribution in [0.5, 0.6) is 5.75 Å². The van der Waals surface area contributed by atoms with Crippen LogP contribution in [0.25, 0.3) is 10.9 Å². The number of fused-ring (bicyclic) bond motifs is 3. The van der Waals surface area contributed by atoms with Crippen molar-refractivity contribution in [3.8, 4) is 5.75 Å². The summed E-state index contributed by atoms with van der Waals surface area (Å²) in [7, 11) is 0. The van der Waals surface area contributed by atoms with E-state index in [1.165, 1.54) is 5.56 Å². The SMILES string of the molecule is C[C@@H](Oc1ccc2ncc3c(c2c1)CCOC3)c1cn(C23CC(C(F)F)(C2)C3)nn1. The molecule has 30 heavy (non-hydrogen) atoms. The third kappa shape index (κ3) is 2.52. The second-order valence-corrected chi connectivity index (χ2v) is 9.01. The second-order valence-electron chi connectivity index (χ2n) is 9.01. The topological polar surface area (TPSA) is 62.1 Å². The number of hydrogen-bond acceptors (Lipinski definition) is 5. The lowest BCUT2D eigenvalue weighted by Crippen LogP contribution is -2.70. The summed E-state index contributed by atoms with van der Waals surface area (Å²) in [6.07, 6.45) is 3.52. The second kappa shape index (κ2) is 6.20. The summed E-state index contributed by atoms with van der Waals surface area (Å²) in [6, 6.07) is 5.91. The first-order valence-corrected chi connectivity index (χ1v) is 10.3. The summed E-state index contributed by atoms with van der Waals surface area (Å²) < 4.78 is 39.7. The van der Waals surface area contributed by atoms with Crippen LogP contribution in [0.4, 0.5) is 8.78 Å². The van der Waals surface area contributed by atoms with Crippen LogP contribution in [0, 0.1) is 5.41 Å². The molecule has 2 aromatic heterocycles. The minimum Gasteiger partial charge on any atom is -0.484 e. The Morgan fingerprint density at radius 1 is 1.23 bits per heavy atom. The number of nitrogens with zero attached hydrogens (tertiary/aromatic N) is 4. The van der Waals surface area contributed by atoms with Crippen molar-refractivity contribution in [2.75, 3.05) is 6.61 Å². The molecule has 2 bridgehead atoms. The molecule has 3 aliphatic carbocycles. The van der Waals surface area contributed by atoms with Gasteiger partial charge in [-0.1, -0.05) is 5.21 Å². The van der Waals surface area contributed by atoms with E-state index in [4.69, 9.17) is 9.47 Å². The third-order valence-electron chi connectivity index (χ3n) is 7.03. The fourth-order valence-corrected chi connectivity index (χ4v) is 5.36. The Balaban J connectivity index is 1.21. The van der Waals surface area contributed by atoms with Gasteiger partial charge in [0.2, 0.25) is 6.43 Å². The van der Waals surface area contributed by atoms with E-state index in [0.29, 0.717) is 38.2 Å². The highest BCUT2D eigenvalue weighted by Gasteiger charge is 2.73. The number of aromatic nitrogens is 4. The average molecular weight is 412 g/mol. The number of benzene rings is 1. The average Bonchev–Trinajstić information content (AvgIpc) is 3.15. The van der Waals surface area contributed by atoms with E-state index in [1.54, 1.807) is 4.68 Å². The van der Waals surface area contributed by atoms with Gasteiger partial charge in [-0.15, -0.1) is 5.10 Å². The van der Waals surface area contributed by atoms with Gasteiger partial charge in [0.25, 0.3) is 0 Å². The number of halogens is 2. The highest BCUT2D eigenvalue weighted by atomic mass is 19.3. The summed E-state index contributed by atoms with van der Waals surface area (Å²) in [5, 5.41) is 9.58. The maximum absolute atomic E-state index is 13.1. The molecule has 3 heterocycles. The van der Waals surface area contributed by atoms with Crippen LogP contribution in [0.15, 0.2) is 30.6 Å². The maximum atomic E-state index is 13.1. The molecule has 0 radical (unpaired) electrons. The molecular weight excluding hydrogens is 390 g/mol. The van der Waals surface area contributed by atoms with Crippen molar-refractivity contribution in [3.05, 3.63) is 47.4 Å². The van der Waals surface area contributed by atoms with E-state index in [1.807, 2.05) is 37.5 Å². The van der Waals surface area contributed by atoms with E-state index in [2.05, 4.69) is 15.3 Å². The molecule has 0 spiro atoms. The summed E-state index contributed by atoms with van der Waals surface area (Å²) in [6.45, 7) is 3.23. The standard InChI is InChI=1S/C22H22F2N4O2/c1-13(19-8-28(27-26-19)22-10-21(11-22,12-22)20(23)24)30-15-2-3-18-17(6-15)16-4-5-29-9-14(16)7-25-18/h2-3,6-8,13,20H,4-5,9-12H2,1H3/t13-,21?,22?/m1/s1. The minimum absolute atomic E-state index is 0.267. The predicted molar refractivity (Wildman–Crippen MR) is 104 cm³/mol. The molecule has 3 fully saturated rings. The van der Waals surface area contributed by atoms with Crippen LogP contribution in [-0.2, 0) is 23.3 Å². The molecule has 4 aliphatic rings. The third-order valence-corrected chi connectivity index (χ3v) is 7.03. The molecule has 156 valence electrons. The summed E-state index contributed by atoms with van der Waals surface area (Å²) in [5.74, 6) is 0.744. The predicted octanol–water partition coefficient (Wildman–Crippen LogP) is 4.18. The number of hydrogen-bond donors (Lipinski definition) is 0. The molecule has 0 unspecified atom stereocenters. The van der Waals surface area contributed by atoms with Gasteiger partial charge in [0.05, 0.1) is 30.5 Å². The molecule has 0 amide bonds. The van der Waals surface area contributed by atoms with Gasteiger partial charge in [-0.25, -0.2) is 13.5 Å². The molecule has 1 aromatic carbocycles. The summed E-state index contributed by atoms with van der Waals surface area (Å²) in [4.78, 5) is 4.53. The molecule has 1 atom stereocenters. The maximum Gasteiger partial charge on any atom is 0.244 e. The number of rotatable bonds is 5. The van der Waals surface area contributed by atoms with Crippen molar-refractivity contribution in [2.45, 2.75) is 57.3 Å². The Bertz CT molecular complexity index is 1130. The van der Waals surface area contributed by atoms with Gasteiger partial charge in [-0.3, -0.25) is 4.98 Å². The van der Waals surface area contributed by atoms with Gasteiger partial charge in [-0.05, 0) is 61.9 Å². The first-order valence-electron chi connectivity index (χ1n) is 10.3. The minimum atomic E-state index is -2.25. The normalized spacial score (nSPS) is 28.0. The Labute approximate surface area is 172 Å². The molecule has 8 heteroatoms. The van der Waals surface area contributed by atoms with Gasteiger partial charge < -0.3 is 9.47 Å². The van der Waals surface area contributed by atoms with Gasteiger partial charge in [0.1, 0.15) is 17.5 Å². The van der Waals surface area contributed by atoms with Gasteiger partial charge >= 0.3 is 0 Å². The van der Waals surface area contributed by atoms with E-state index < -0.39 is 11.8 Å². The zero-order valence-electron chi connectivity index (χ0n) is 16.6. The van der Waals surface area contributed by atoms with Crippen LogP contribution in [0.1, 0.15) is 49.1 Å². The quantitative estimate of drug-likeness (QED) is 0.629. The lowest BCUT2D eigenvalue weighted by atomic mass is 9.39. The van der Waals surface area contributed by atoms with Gasteiger partial charge in [0.15, 0.2) is 0 Å². The van der Waals surface area contributed by atoms with Crippen LogP contribution < -0.4 is 4.74 Å². The largest absolute Gasteiger partial charge is 0.484 e. The van der Waals surface area contributed by atoms with Crippen molar-refractivity contribution in [1.82, 2.24) is 20.0 Å². The molecule has 1 aliphatic heterocycles. The van der Waals surface area contributed by atoms with Crippen LogP contribution in [0.3, 0.4) is 0 Å². The molecule has 3 saturated carbocycles. The lowest BCUT2D eigenvalue weighted by molar-refractivity contribution is -0.257. The van der Waals surface area contributed by atoms with Gasteiger partial charge in [-0.2, -0.15) is 0 Å². The van der Waals surface area contributed by atoms with Crippen molar-refractivity contribution >= 4 is 10.9 Å². The number of alkyl halides is 2. The fourth-order valence-electron chi connectivity index (χ4n) is 5.36. The summed E-state index contributed by atoms with van der Waals surface area (Å²) in [5.41, 5.74) is 2.99. The van der Waals surface area contributed by atoms with E-state index in [0.717, 1.165) is 28.6 Å². The van der Waals surface area contributed by atoms with Crippen molar-refractivity contribution in [3.63, 3.8) is 0 Å². The summed E-state index contributed by atoms with van der Waals surface area (Å²) >= 11 is 0. The molecule has 0 saturated heterocycles. The van der Waals surface area contributed by atoms with Crippen LogP contribution in [0.2, 0.25) is 0 Å². The fraction of sp³-hybridized carbons (Fsp3) is 0.500. The molecule has 0 N–H and O–H groups in total. The van der Waals surface area contributed by atoms with Crippen LogP contribution in [-0.4, -0.2) is 33.0 Å². The smallest absolute Gasteiger partial charge is 0.244 e. The van der Waals surface area contributed by atoms with Gasteiger partial charge in [0, 0.05) is 17.0 Å². The molecular formula is C22H22F2N4O2. The van der Waals surface area contributed by atoms with Crippen molar-refractivity contribution < 1.29 is 18.3 Å². The first kappa shape index (κ1) is 18.2. The monoisotopic (exact) mass is 412 g/mol. The highest BCUT2D eigenvalue weighted by molar-refractivity contribution is 5.84. The lowest BCUT2D eigenvalue weighted by Gasteiger charge is -2.69. The molecule has 7 rings (SSSR count). The Hall–Kier alpha value is -2.61. The zero-order chi connectivity index (χ0) is 20.5. The van der Waals surface area contributed by atoms with Crippen molar-refractivity contribution in [2.24, 2.45) is 5.41 Å². The van der Waals surface area contributed by atoms with Crippen molar-refractivity contribution in [1.29, 1.82) is 0 Å². The number of pyridine rings is 1. The van der Waals surface area contributed by atoms with E-state index >= 15 is 0 Å². The molecule has 6 nitrogen and oxygen atoms in total. The first-order chi connectivity index (χ1) is 14.5. The Morgan fingerprint density at radius 2 is 2.07 bits per heavy atom. The zero-order valence-corrected chi connectivity index (χ0v) is 16.6. The number of ether oxygens (including phenoxy) is 2.